The van der Waals surface area contributed by atoms with E-state index in [0.29, 0.717) is 46.8 Å². The van der Waals surface area contributed by atoms with Gasteiger partial charge in [-0.3, -0.25) is 14.6 Å². The number of aliphatic hydroxyl groups is 1. The molecule has 34 heavy (non-hydrogen) atoms. The fourth-order valence-electron chi connectivity index (χ4n) is 4.87. The first kappa shape index (κ1) is 22.2. The molecule has 5 heterocycles. The monoisotopic (exact) mass is 467 g/mol. The molecule has 3 N–H and O–H groups in total. The van der Waals surface area contributed by atoms with Crippen LogP contribution in [0.3, 0.4) is 0 Å². The molecule has 178 valence electrons. The molecule has 0 aliphatic carbocycles. The fourth-order valence-corrected chi connectivity index (χ4v) is 4.87. The third-order valence-corrected chi connectivity index (χ3v) is 6.55. The summed E-state index contributed by atoms with van der Waals surface area (Å²) in [6, 6.07) is 2.88. The smallest absolute Gasteiger partial charge is 0.256 e. The van der Waals surface area contributed by atoms with E-state index in [1.165, 1.54) is 30.0 Å². The van der Waals surface area contributed by atoms with Crippen molar-refractivity contribution in [3.63, 3.8) is 0 Å². The highest BCUT2D eigenvalue weighted by atomic mass is 19.1. The molecule has 0 aromatic carbocycles. The average Bonchev–Trinajstić information content (AvgIpc) is 3.33. The lowest BCUT2D eigenvalue weighted by molar-refractivity contribution is -0.147. The van der Waals surface area contributed by atoms with Crippen molar-refractivity contribution >= 4 is 23.1 Å². The van der Waals surface area contributed by atoms with Gasteiger partial charge in [0, 0.05) is 31.3 Å². The number of carbonyl (C=O) groups excluding carboxylic acids is 2. The Kier molecular flexibility index (Phi) is 5.05. The number of hydrogen-bond donors (Lipinski definition) is 2. The van der Waals surface area contributed by atoms with Gasteiger partial charge in [0.25, 0.3) is 11.8 Å². The van der Waals surface area contributed by atoms with Gasteiger partial charge in [-0.05, 0) is 38.5 Å². The normalized spacial score (nSPS) is 20.8. The number of pyridine rings is 1. The van der Waals surface area contributed by atoms with Gasteiger partial charge in [0.1, 0.15) is 23.6 Å². The van der Waals surface area contributed by atoms with Crippen molar-refractivity contribution in [2.24, 2.45) is 0 Å². The van der Waals surface area contributed by atoms with Crippen molar-refractivity contribution < 1.29 is 19.1 Å². The molecule has 3 aromatic heterocycles. The highest BCUT2D eigenvalue weighted by molar-refractivity contribution is 5.98. The van der Waals surface area contributed by atoms with Crippen LogP contribution in [-0.2, 0) is 11.2 Å². The van der Waals surface area contributed by atoms with Crippen LogP contribution < -0.4 is 5.73 Å². The number of likely N-dealkylation sites (tertiary alicyclic amines) is 1. The Labute approximate surface area is 195 Å². The quantitative estimate of drug-likeness (QED) is 0.588. The number of aromatic nitrogens is 4. The molecule has 11 heteroatoms. The van der Waals surface area contributed by atoms with Crippen LogP contribution in [0, 0.1) is 6.92 Å². The zero-order valence-corrected chi connectivity index (χ0v) is 19.2. The Hall–Kier alpha value is -3.60. The van der Waals surface area contributed by atoms with Gasteiger partial charge in [0.2, 0.25) is 0 Å². The van der Waals surface area contributed by atoms with Crippen LogP contribution in [0.2, 0.25) is 0 Å². The zero-order valence-electron chi connectivity index (χ0n) is 19.2. The predicted octanol–water partition coefficient (Wildman–Crippen LogP) is 1.00. The second kappa shape index (κ2) is 7.73. The van der Waals surface area contributed by atoms with E-state index in [0.717, 1.165) is 5.56 Å². The van der Waals surface area contributed by atoms with Crippen molar-refractivity contribution in [3.05, 3.63) is 41.5 Å². The van der Waals surface area contributed by atoms with E-state index < -0.39 is 23.7 Å². The van der Waals surface area contributed by atoms with Crippen LogP contribution in [-0.4, -0.2) is 83.8 Å². The third kappa shape index (κ3) is 3.47. The summed E-state index contributed by atoms with van der Waals surface area (Å²) in [5.74, 6) is -0.525. The maximum Gasteiger partial charge on any atom is 0.256 e. The number of nitrogen functional groups attached to an aromatic ring is 1. The number of aryl methyl sites for hydroxylation is 1. The molecule has 1 saturated heterocycles. The van der Waals surface area contributed by atoms with E-state index in [9.17, 15) is 19.1 Å². The first-order valence-electron chi connectivity index (χ1n) is 11.1. The van der Waals surface area contributed by atoms with E-state index in [4.69, 9.17) is 5.73 Å². The van der Waals surface area contributed by atoms with Crippen molar-refractivity contribution in [3.8, 4) is 11.3 Å². The molecular weight excluding hydrogens is 441 g/mol. The summed E-state index contributed by atoms with van der Waals surface area (Å²) in [5.41, 5.74) is 8.43. The number of amides is 2. The maximum absolute atomic E-state index is 15.0. The second-order valence-electron chi connectivity index (χ2n) is 9.44. The molecule has 3 aromatic rings. The summed E-state index contributed by atoms with van der Waals surface area (Å²) in [4.78, 5) is 37.2. The predicted molar refractivity (Wildman–Crippen MR) is 122 cm³/mol. The zero-order chi connectivity index (χ0) is 24.4. The maximum atomic E-state index is 15.0. The van der Waals surface area contributed by atoms with Crippen molar-refractivity contribution in [1.82, 2.24) is 29.4 Å². The minimum atomic E-state index is -1.60. The molecule has 0 bridgehead atoms. The number of nitrogens with two attached hydrogens (primary N) is 1. The topological polar surface area (TPSA) is 130 Å². The fraction of sp³-hybridized carbons (Fsp3) is 0.435. The first-order chi connectivity index (χ1) is 16.1. The van der Waals surface area contributed by atoms with E-state index in [2.05, 4.69) is 15.1 Å². The van der Waals surface area contributed by atoms with Crippen LogP contribution in [0.5, 0.6) is 0 Å². The lowest BCUT2D eigenvalue weighted by atomic mass is 9.99. The molecule has 2 amide bonds. The van der Waals surface area contributed by atoms with Crippen LogP contribution >= 0.6 is 0 Å². The Bertz CT molecular complexity index is 1320. The highest BCUT2D eigenvalue weighted by Gasteiger charge is 2.45. The van der Waals surface area contributed by atoms with Gasteiger partial charge in [-0.25, -0.2) is 13.9 Å². The van der Waals surface area contributed by atoms with E-state index in [1.807, 2.05) is 13.0 Å². The molecule has 2 atom stereocenters. The summed E-state index contributed by atoms with van der Waals surface area (Å²) in [6.07, 6.45) is 2.14. The molecule has 0 saturated carbocycles. The Morgan fingerprint density at radius 2 is 2.03 bits per heavy atom. The lowest BCUT2D eigenvalue weighted by Crippen LogP contribution is -2.50. The summed E-state index contributed by atoms with van der Waals surface area (Å²) in [5, 5.41) is 14.3. The number of anilines is 1. The van der Waals surface area contributed by atoms with Gasteiger partial charge in [-0.2, -0.15) is 5.10 Å². The third-order valence-electron chi connectivity index (χ3n) is 6.55. The first-order valence-corrected chi connectivity index (χ1v) is 11.1. The number of alkyl halides is 1. The number of hydrogen-bond acceptors (Lipinski definition) is 7. The van der Waals surface area contributed by atoms with Crippen LogP contribution in [0.1, 0.15) is 35.5 Å². The highest BCUT2D eigenvalue weighted by Crippen LogP contribution is 2.31. The minimum Gasteiger partial charge on any atom is -0.382 e. The second-order valence-corrected chi connectivity index (χ2v) is 9.44. The molecule has 10 nitrogen and oxygen atoms in total. The van der Waals surface area contributed by atoms with E-state index in [-0.39, 0.29) is 19.0 Å². The summed E-state index contributed by atoms with van der Waals surface area (Å²) < 4.78 is 16.6. The molecule has 2 aliphatic heterocycles. The number of fused-ring (bicyclic) bond motifs is 2. The van der Waals surface area contributed by atoms with Gasteiger partial charge >= 0.3 is 0 Å². The molecule has 1 fully saturated rings. The SMILES string of the molecule is Cc1cc(-c2cnc3c(c2)C(=O)N(C2CN(C(=O)C(C)(C)O)CC2F)CC3)n2ncnc(N)c12. The summed E-state index contributed by atoms with van der Waals surface area (Å²) >= 11 is 0. The van der Waals surface area contributed by atoms with Gasteiger partial charge < -0.3 is 20.6 Å². The molecular formula is C23H26FN7O3. The van der Waals surface area contributed by atoms with Gasteiger partial charge in [-0.1, -0.05) is 0 Å². The molecule has 2 unspecified atom stereocenters. The van der Waals surface area contributed by atoms with E-state index in [1.54, 1.807) is 16.8 Å². The molecule has 0 spiro atoms. The van der Waals surface area contributed by atoms with E-state index >= 15 is 0 Å². The standard InChI is InChI=1S/C23H26FN7O3/c1-12-6-17(31-19(12)20(25)27-11-28-31)13-7-14-16(26-8-13)4-5-30(21(14)32)18-10-29(9-15(18)24)22(33)23(2,3)34/h6-8,11,15,18,34H,4-5,9-10H2,1-3H3,(H2,25,27,28). The van der Waals surface area contributed by atoms with Crippen molar-refractivity contribution in [1.29, 1.82) is 0 Å². The Morgan fingerprint density at radius 1 is 1.26 bits per heavy atom. The van der Waals surface area contributed by atoms with Crippen molar-refractivity contribution in [2.45, 2.75) is 45.0 Å². The largest absolute Gasteiger partial charge is 0.382 e. The summed E-state index contributed by atoms with van der Waals surface area (Å²) in [6.45, 7) is 4.84. The van der Waals surface area contributed by atoms with Crippen molar-refractivity contribution in [2.75, 3.05) is 25.4 Å². The Balaban J connectivity index is 1.46. The minimum absolute atomic E-state index is 0.0386. The van der Waals surface area contributed by atoms with Gasteiger partial charge in [0.05, 0.1) is 29.5 Å². The van der Waals surface area contributed by atoms with Gasteiger partial charge in [0.15, 0.2) is 5.82 Å². The van der Waals surface area contributed by atoms with Crippen LogP contribution in [0.25, 0.3) is 16.8 Å². The summed E-state index contributed by atoms with van der Waals surface area (Å²) in [7, 11) is 0. The van der Waals surface area contributed by atoms with Crippen LogP contribution in [0.15, 0.2) is 24.7 Å². The lowest BCUT2D eigenvalue weighted by Gasteiger charge is -2.34. The molecule has 2 aliphatic rings. The van der Waals surface area contributed by atoms with Crippen LogP contribution in [0.4, 0.5) is 10.2 Å². The number of nitrogens with zero attached hydrogens (tertiary/aromatic N) is 6. The number of carbonyl (C=O) groups is 2. The Morgan fingerprint density at radius 3 is 2.76 bits per heavy atom. The van der Waals surface area contributed by atoms with Gasteiger partial charge in [-0.15, -0.1) is 0 Å². The number of rotatable bonds is 3. The average molecular weight is 468 g/mol. The molecule has 5 rings (SSSR count). The molecule has 0 radical (unpaired) electrons. The number of halogens is 1.